The summed E-state index contributed by atoms with van der Waals surface area (Å²) in [6.45, 7) is 3.89. The summed E-state index contributed by atoms with van der Waals surface area (Å²) in [6.07, 6.45) is 1.35. The third-order valence-electron chi connectivity index (χ3n) is 2.48. The highest BCUT2D eigenvalue weighted by Crippen LogP contribution is 2.32. The number of aryl methyl sites for hydroxylation is 1. The fourth-order valence-corrected chi connectivity index (χ4v) is 1.56. The predicted octanol–water partition coefficient (Wildman–Crippen LogP) is 2.75. The normalized spacial score (nSPS) is 9.88. The summed E-state index contributed by atoms with van der Waals surface area (Å²) in [7, 11) is 3.16. The van der Waals surface area contributed by atoms with Gasteiger partial charge in [0, 0.05) is 18.2 Å². The first kappa shape index (κ1) is 13.4. The van der Waals surface area contributed by atoms with Gasteiger partial charge in [-0.3, -0.25) is 4.79 Å². The molecule has 0 heterocycles. The number of rotatable bonds is 5. The van der Waals surface area contributed by atoms with E-state index in [1.807, 2.05) is 19.9 Å². The zero-order chi connectivity index (χ0) is 12.8. The van der Waals surface area contributed by atoms with Crippen LogP contribution in [0, 0.1) is 6.92 Å². The van der Waals surface area contributed by atoms with Crippen LogP contribution in [0.15, 0.2) is 12.1 Å². The van der Waals surface area contributed by atoms with Crippen molar-refractivity contribution in [1.82, 2.24) is 0 Å². The predicted molar refractivity (Wildman–Crippen MR) is 67.8 cm³/mol. The molecule has 0 radical (unpaired) electrons. The van der Waals surface area contributed by atoms with E-state index < -0.39 is 0 Å². The number of hydrogen-bond donors (Lipinski definition) is 1. The minimum atomic E-state index is 0.0165. The summed E-state index contributed by atoms with van der Waals surface area (Å²) < 4.78 is 10.4. The van der Waals surface area contributed by atoms with Gasteiger partial charge in [0.2, 0.25) is 5.91 Å². The lowest BCUT2D eigenvalue weighted by Crippen LogP contribution is -2.11. The first-order chi connectivity index (χ1) is 8.12. The molecule has 0 bridgehead atoms. The van der Waals surface area contributed by atoms with Crippen LogP contribution in [0.1, 0.15) is 25.3 Å². The van der Waals surface area contributed by atoms with Gasteiger partial charge in [-0.1, -0.05) is 6.92 Å². The monoisotopic (exact) mass is 237 g/mol. The molecule has 1 rings (SSSR count). The Hall–Kier alpha value is -1.71. The molecule has 1 aromatic rings. The summed E-state index contributed by atoms with van der Waals surface area (Å²) in [5.74, 6) is 1.30. The highest BCUT2D eigenvalue weighted by Gasteiger charge is 2.10. The quantitative estimate of drug-likeness (QED) is 0.856. The molecule has 94 valence electrons. The molecular formula is C13H19NO3. The number of ether oxygens (including phenoxy) is 2. The molecule has 0 atom stereocenters. The number of anilines is 1. The SMILES string of the molecule is CCCC(=O)Nc1cc(OC)c(OC)cc1C. The van der Waals surface area contributed by atoms with Crippen LogP contribution in [0.3, 0.4) is 0 Å². The Bertz CT molecular complexity index is 402. The first-order valence-electron chi connectivity index (χ1n) is 5.64. The van der Waals surface area contributed by atoms with Gasteiger partial charge in [0.1, 0.15) is 0 Å². The van der Waals surface area contributed by atoms with Gasteiger partial charge >= 0.3 is 0 Å². The minimum Gasteiger partial charge on any atom is -0.493 e. The van der Waals surface area contributed by atoms with Gasteiger partial charge in [0.05, 0.1) is 14.2 Å². The lowest BCUT2D eigenvalue weighted by molar-refractivity contribution is -0.116. The molecule has 4 heteroatoms. The van der Waals surface area contributed by atoms with Crippen molar-refractivity contribution in [3.05, 3.63) is 17.7 Å². The maximum Gasteiger partial charge on any atom is 0.224 e. The molecule has 0 aromatic heterocycles. The molecule has 1 aromatic carbocycles. The van der Waals surface area contributed by atoms with Crippen molar-refractivity contribution in [2.24, 2.45) is 0 Å². The van der Waals surface area contributed by atoms with Crippen molar-refractivity contribution in [1.29, 1.82) is 0 Å². The van der Waals surface area contributed by atoms with Gasteiger partial charge in [-0.15, -0.1) is 0 Å². The summed E-state index contributed by atoms with van der Waals surface area (Å²) in [5, 5.41) is 2.86. The van der Waals surface area contributed by atoms with Crippen molar-refractivity contribution in [3.63, 3.8) is 0 Å². The van der Waals surface area contributed by atoms with Gasteiger partial charge in [0.25, 0.3) is 0 Å². The Morgan fingerprint density at radius 2 is 1.82 bits per heavy atom. The number of methoxy groups -OCH3 is 2. The molecule has 0 aliphatic carbocycles. The maximum atomic E-state index is 11.5. The number of benzene rings is 1. The molecule has 1 N–H and O–H groups in total. The summed E-state index contributed by atoms with van der Waals surface area (Å²) >= 11 is 0. The Morgan fingerprint density at radius 3 is 2.35 bits per heavy atom. The van der Waals surface area contributed by atoms with Gasteiger partial charge in [-0.25, -0.2) is 0 Å². The Balaban J connectivity index is 2.96. The minimum absolute atomic E-state index is 0.0165. The second kappa shape index (κ2) is 6.13. The molecule has 0 unspecified atom stereocenters. The van der Waals surface area contributed by atoms with Crippen LogP contribution >= 0.6 is 0 Å². The Kier molecular flexibility index (Phi) is 4.82. The highest BCUT2D eigenvalue weighted by molar-refractivity contribution is 5.91. The smallest absolute Gasteiger partial charge is 0.224 e. The zero-order valence-electron chi connectivity index (χ0n) is 10.8. The first-order valence-corrected chi connectivity index (χ1v) is 5.64. The van der Waals surface area contributed by atoms with Crippen LogP contribution in [-0.2, 0) is 4.79 Å². The molecule has 0 fully saturated rings. The van der Waals surface area contributed by atoms with Gasteiger partial charge in [0.15, 0.2) is 11.5 Å². The fraction of sp³-hybridized carbons (Fsp3) is 0.462. The second-order valence-electron chi connectivity index (χ2n) is 3.82. The van der Waals surface area contributed by atoms with Crippen molar-refractivity contribution in [2.75, 3.05) is 19.5 Å². The van der Waals surface area contributed by atoms with E-state index in [1.165, 1.54) is 0 Å². The van der Waals surface area contributed by atoms with E-state index in [-0.39, 0.29) is 5.91 Å². The number of nitrogens with one attached hydrogen (secondary N) is 1. The van der Waals surface area contributed by atoms with Crippen molar-refractivity contribution in [2.45, 2.75) is 26.7 Å². The van der Waals surface area contributed by atoms with E-state index in [2.05, 4.69) is 5.32 Å². The summed E-state index contributed by atoms with van der Waals surface area (Å²) in [5.41, 5.74) is 1.72. The average molecular weight is 237 g/mol. The van der Waals surface area contributed by atoms with E-state index in [0.717, 1.165) is 17.7 Å². The van der Waals surface area contributed by atoms with Gasteiger partial charge in [-0.05, 0) is 25.0 Å². The molecule has 1 amide bonds. The van der Waals surface area contributed by atoms with Crippen LogP contribution in [0.2, 0.25) is 0 Å². The van der Waals surface area contributed by atoms with Crippen molar-refractivity contribution in [3.8, 4) is 11.5 Å². The van der Waals surface area contributed by atoms with Crippen LogP contribution in [0.5, 0.6) is 11.5 Å². The standard InChI is InChI=1S/C13H19NO3/c1-5-6-13(15)14-10-8-12(17-4)11(16-3)7-9(10)2/h7-8H,5-6H2,1-4H3,(H,14,15). The van der Waals surface area contributed by atoms with Crippen LogP contribution in [0.25, 0.3) is 0 Å². The van der Waals surface area contributed by atoms with Crippen LogP contribution in [0.4, 0.5) is 5.69 Å². The number of carbonyl (C=O) groups is 1. The molecule has 4 nitrogen and oxygen atoms in total. The molecule has 17 heavy (non-hydrogen) atoms. The highest BCUT2D eigenvalue weighted by atomic mass is 16.5. The molecular weight excluding hydrogens is 218 g/mol. The van der Waals surface area contributed by atoms with Crippen LogP contribution < -0.4 is 14.8 Å². The summed E-state index contributed by atoms with van der Waals surface area (Å²) in [6, 6.07) is 3.63. The molecule has 0 aliphatic heterocycles. The maximum absolute atomic E-state index is 11.5. The molecule has 0 aliphatic rings. The van der Waals surface area contributed by atoms with Gasteiger partial charge < -0.3 is 14.8 Å². The van der Waals surface area contributed by atoms with Crippen molar-refractivity contribution < 1.29 is 14.3 Å². The zero-order valence-corrected chi connectivity index (χ0v) is 10.8. The number of amides is 1. The molecule has 0 spiro atoms. The lowest BCUT2D eigenvalue weighted by Gasteiger charge is -2.13. The second-order valence-corrected chi connectivity index (χ2v) is 3.82. The molecule has 0 saturated heterocycles. The fourth-order valence-electron chi connectivity index (χ4n) is 1.56. The van der Waals surface area contributed by atoms with E-state index >= 15 is 0 Å². The Morgan fingerprint density at radius 1 is 1.24 bits per heavy atom. The third kappa shape index (κ3) is 3.37. The van der Waals surface area contributed by atoms with Gasteiger partial charge in [-0.2, -0.15) is 0 Å². The van der Waals surface area contributed by atoms with Crippen LogP contribution in [-0.4, -0.2) is 20.1 Å². The molecule has 0 saturated carbocycles. The van der Waals surface area contributed by atoms with E-state index in [1.54, 1.807) is 20.3 Å². The van der Waals surface area contributed by atoms with Crippen molar-refractivity contribution >= 4 is 11.6 Å². The summed E-state index contributed by atoms with van der Waals surface area (Å²) in [4.78, 5) is 11.5. The third-order valence-corrected chi connectivity index (χ3v) is 2.48. The van der Waals surface area contributed by atoms with E-state index in [0.29, 0.717) is 17.9 Å². The van der Waals surface area contributed by atoms with E-state index in [9.17, 15) is 4.79 Å². The topological polar surface area (TPSA) is 47.6 Å². The average Bonchev–Trinajstić information content (AvgIpc) is 2.31. The number of hydrogen-bond acceptors (Lipinski definition) is 3. The van der Waals surface area contributed by atoms with E-state index in [4.69, 9.17) is 9.47 Å². The lowest BCUT2D eigenvalue weighted by atomic mass is 10.1. The number of carbonyl (C=O) groups excluding carboxylic acids is 1. The Labute approximate surface area is 102 Å². The largest absolute Gasteiger partial charge is 0.493 e.